The zero-order chi connectivity index (χ0) is 15.3. The van der Waals surface area contributed by atoms with Crippen molar-refractivity contribution in [3.63, 3.8) is 0 Å². The van der Waals surface area contributed by atoms with Crippen LogP contribution in [0.15, 0.2) is 41.8 Å². The van der Waals surface area contributed by atoms with E-state index in [1.165, 1.54) is 4.88 Å². The van der Waals surface area contributed by atoms with E-state index in [0.29, 0.717) is 6.42 Å². The molecule has 1 aromatic heterocycles. The van der Waals surface area contributed by atoms with Crippen molar-refractivity contribution in [1.82, 2.24) is 5.32 Å². The molecule has 0 saturated carbocycles. The van der Waals surface area contributed by atoms with E-state index in [9.17, 15) is 10.1 Å². The number of nitrogens with one attached hydrogen (secondary N) is 1. The zero-order valence-corrected chi connectivity index (χ0v) is 13.2. The lowest BCUT2D eigenvalue weighted by Crippen LogP contribution is -2.33. The molecule has 2 aromatic rings. The largest absolute Gasteiger partial charge is 0.316 e. The van der Waals surface area contributed by atoms with Gasteiger partial charge in [-0.15, -0.1) is 11.3 Å². The van der Waals surface area contributed by atoms with Gasteiger partial charge in [0.25, 0.3) is 5.69 Å². The first-order valence-electron chi connectivity index (χ1n) is 6.98. The number of hydrogen-bond acceptors (Lipinski definition) is 4. The molecule has 0 aliphatic rings. The molecule has 0 unspecified atom stereocenters. The van der Waals surface area contributed by atoms with E-state index in [1.54, 1.807) is 23.5 Å². The van der Waals surface area contributed by atoms with Crippen LogP contribution in [0.1, 0.15) is 24.3 Å². The lowest BCUT2D eigenvalue weighted by atomic mass is 9.91. The van der Waals surface area contributed by atoms with Gasteiger partial charge in [0.2, 0.25) is 0 Å². The summed E-state index contributed by atoms with van der Waals surface area (Å²) in [5.74, 6) is 0. The molecule has 0 spiro atoms. The van der Waals surface area contributed by atoms with Crippen LogP contribution in [0.3, 0.4) is 0 Å². The average molecular weight is 304 g/mol. The van der Waals surface area contributed by atoms with Crippen LogP contribution < -0.4 is 5.32 Å². The molecule has 0 aliphatic heterocycles. The van der Waals surface area contributed by atoms with E-state index in [2.05, 4.69) is 36.7 Å². The van der Waals surface area contributed by atoms with E-state index in [0.717, 1.165) is 18.7 Å². The molecule has 2 rings (SSSR count). The summed E-state index contributed by atoms with van der Waals surface area (Å²) in [6.45, 7) is 6.00. The van der Waals surface area contributed by atoms with Gasteiger partial charge in [-0.3, -0.25) is 10.1 Å². The number of nitro groups is 1. The van der Waals surface area contributed by atoms with Gasteiger partial charge in [-0.1, -0.05) is 38.1 Å². The van der Waals surface area contributed by atoms with Crippen molar-refractivity contribution >= 4 is 17.0 Å². The Morgan fingerprint density at radius 1 is 1.24 bits per heavy atom. The molecular weight excluding hydrogens is 284 g/mol. The third-order valence-electron chi connectivity index (χ3n) is 3.51. The van der Waals surface area contributed by atoms with Gasteiger partial charge in [0.15, 0.2) is 0 Å². The summed E-state index contributed by atoms with van der Waals surface area (Å²) in [5, 5.41) is 16.5. The second-order valence-corrected chi connectivity index (χ2v) is 6.62. The Labute approximate surface area is 129 Å². The van der Waals surface area contributed by atoms with Crippen LogP contribution in [0.25, 0.3) is 0 Å². The third kappa shape index (κ3) is 4.12. The van der Waals surface area contributed by atoms with Crippen molar-refractivity contribution < 1.29 is 4.92 Å². The highest BCUT2D eigenvalue weighted by molar-refractivity contribution is 7.10. The molecule has 1 N–H and O–H groups in total. The summed E-state index contributed by atoms with van der Waals surface area (Å²) in [5.41, 5.74) is 1.07. The Hall–Kier alpha value is -1.72. The van der Waals surface area contributed by atoms with Crippen LogP contribution in [-0.2, 0) is 11.8 Å². The normalized spacial score (nSPS) is 11.5. The first kappa shape index (κ1) is 15.7. The van der Waals surface area contributed by atoms with Crippen molar-refractivity contribution in [2.45, 2.75) is 25.7 Å². The highest BCUT2D eigenvalue weighted by atomic mass is 32.1. The summed E-state index contributed by atoms with van der Waals surface area (Å²) in [6, 6.07) is 11.1. The van der Waals surface area contributed by atoms with Gasteiger partial charge in [-0.25, -0.2) is 0 Å². The molecule has 1 heterocycles. The second-order valence-electron chi connectivity index (χ2n) is 5.67. The van der Waals surface area contributed by atoms with Gasteiger partial charge in [-0.05, 0) is 24.4 Å². The molecule has 5 heteroatoms. The fraction of sp³-hybridized carbons (Fsp3) is 0.375. The number of nitrogens with zero attached hydrogens (tertiary/aromatic N) is 1. The van der Waals surface area contributed by atoms with Gasteiger partial charge < -0.3 is 5.32 Å². The highest BCUT2D eigenvalue weighted by Gasteiger charge is 2.21. The quantitative estimate of drug-likeness (QED) is 0.481. The average Bonchev–Trinajstić information content (AvgIpc) is 2.99. The van der Waals surface area contributed by atoms with Crippen molar-refractivity contribution in [2.75, 3.05) is 13.1 Å². The molecule has 0 saturated heterocycles. The Kier molecular flexibility index (Phi) is 5.09. The molecule has 0 aliphatic carbocycles. The molecule has 1 aromatic carbocycles. The molecular formula is C16H20N2O2S. The molecule has 0 fully saturated rings. The van der Waals surface area contributed by atoms with Crippen molar-refractivity contribution in [3.05, 3.63) is 62.3 Å². The Bertz CT molecular complexity index is 594. The van der Waals surface area contributed by atoms with Crippen molar-refractivity contribution in [1.29, 1.82) is 0 Å². The van der Waals surface area contributed by atoms with Crippen LogP contribution >= 0.6 is 11.3 Å². The van der Waals surface area contributed by atoms with E-state index in [4.69, 9.17) is 0 Å². The second kappa shape index (κ2) is 6.83. The smallest absolute Gasteiger partial charge is 0.272 e. The number of para-hydroxylation sites is 1. The van der Waals surface area contributed by atoms with Gasteiger partial charge in [0.1, 0.15) is 0 Å². The molecule has 4 nitrogen and oxygen atoms in total. The van der Waals surface area contributed by atoms with Crippen molar-refractivity contribution in [3.8, 4) is 0 Å². The van der Waals surface area contributed by atoms with E-state index in [1.807, 2.05) is 12.1 Å². The van der Waals surface area contributed by atoms with Gasteiger partial charge in [0, 0.05) is 28.5 Å². The van der Waals surface area contributed by atoms with Crippen LogP contribution in [-0.4, -0.2) is 18.0 Å². The van der Waals surface area contributed by atoms with Gasteiger partial charge in [-0.2, -0.15) is 0 Å². The first-order chi connectivity index (χ1) is 10.0. The van der Waals surface area contributed by atoms with Gasteiger partial charge >= 0.3 is 0 Å². The highest BCUT2D eigenvalue weighted by Crippen LogP contribution is 2.26. The van der Waals surface area contributed by atoms with E-state index >= 15 is 0 Å². The molecule has 0 radical (unpaired) electrons. The number of thiophene rings is 1. The predicted molar refractivity (Wildman–Crippen MR) is 87.0 cm³/mol. The minimum atomic E-state index is -0.315. The van der Waals surface area contributed by atoms with Crippen LogP contribution in [0.2, 0.25) is 0 Å². The molecule has 21 heavy (non-hydrogen) atoms. The minimum absolute atomic E-state index is 0.0801. The zero-order valence-electron chi connectivity index (χ0n) is 12.3. The summed E-state index contributed by atoms with van der Waals surface area (Å²) in [7, 11) is 0. The maximum absolute atomic E-state index is 11.0. The third-order valence-corrected chi connectivity index (χ3v) is 4.75. The lowest BCUT2D eigenvalue weighted by molar-refractivity contribution is -0.385. The summed E-state index contributed by atoms with van der Waals surface area (Å²) < 4.78 is 0. The lowest BCUT2D eigenvalue weighted by Gasteiger charge is -2.23. The fourth-order valence-electron chi connectivity index (χ4n) is 2.28. The number of rotatable bonds is 7. The SMILES string of the molecule is CC(C)(CNCCc1ccccc1[N+](=O)[O-])c1cccs1. The minimum Gasteiger partial charge on any atom is -0.316 e. The first-order valence-corrected chi connectivity index (χ1v) is 7.86. The maximum Gasteiger partial charge on any atom is 0.272 e. The topological polar surface area (TPSA) is 55.2 Å². The Balaban J connectivity index is 1.87. The summed E-state index contributed by atoms with van der Waals surface area (Å²) in [4.78, 5) is 12.0. The number of benzene rings is 1. The maximum atomic E-state index is 11.0. The van der Waals surface area contributed by atoms with E-state index < -0.39 is 0 Å². The number of hydrogen-bond donors (Lipinski definition) is 1. The van der Waals surface area contributed by atoms with Gasteiger partial charge in [0.05, 0.1) is 4.92 Å². The molecule has 112 valence electrons. The van der Waals surface area contributed by atoms with Crippen LogP contribution in [0.4, 0.5) is 5.69 Å². The number of nitro benzene ring substituents is 1. The summed E-state index contributed by atoms with van der Waals surface area (Å²) in [6.07, 6.45) is 0.664. The standard InChI is InChI=1S/C16H20N2O2S/c1-16(2,15-8-5-11-21-15)12-17-10-9-13-6-3-4-7-14(13)18(19)20/h3-8,11,17H,9-10,12H2,1-2H3. The van der Waals surface area contributed by atoms with Crippen LogP contribution in [0.5, 0.6) is 0 Å². The predicted octanol–water partition coefficient (Wildman–Crippen LogP) is 3.77. The Morgan fingerprint density at radius 3 is 2.67 bits per heavy atom. The summed E-state index contributed by atoms with van der Waals surface area (Å²) >= 11 is 1.76. The molecule has 0 amide bonds. The fourth-order valence-corrected chi connectivity index (χ4v) is 3.13. The Morgan fingerprint density at radius 2 is 2.00 bits per heavy atom. The molecule has 0 bridgehead atoms. The van der Waals surface area contributed by atoms with E-state index in [-0.39, 0.29) is 16.0 Å². The van der Waals surface area contributed by atoms with Crippen molar-refractivity contribution in [2.24, 2.45) is 0 Å². The monoisotopic (exact) mass is 304 g/mol. The molecule has 0 atom stereocenters. The van der Waals surface area contributed by atoms with Crippen LogP contribution in [0, 0.1) is 10.1 Å².